The maximum atomic E-state index is 11.6. The average Bonchev–Trinajstić information content (AvgIpc) is 3.03. The summed E-state index contributed by atoms with van der Waals surface area (Å²) in [5.74, 6) is 0.914. The van der Waals surface area contributed by atoms with E-state index < -0.39 is 5.97 Å². The van der Waals surface area contributed by atoms with Crippen LogP contribution in [-0.2, 0) is 4.74 Å². The minimum Gasteiger partial charge on any atom is -0.493 e. The number of methoxy groups -OCH3 is 3. The first-order chi connectivity index (χ1) is 10.6. The summed E-state index contributed by atoms with van der Waals surface area (Å²) in [5.41, 5.74) is 1.12. The Labute approximate surface area is 127 Å². The number of carbonyl (C=O) groups excluding carboxylic acids is 1. The Morgan fingerprint density at radius 2 is 1.73 bits per heavy atom. The highest BCUT2D eigenvalue weighted by molar-refractivity contribution is 5.87. The molecular weight excluding hydrogens is 290 g/mol. The zero-order valence-electron chi connectivity index (χ0n) is 12.8. The van der Waals surface area contributed by atoms with Crippen LogP contribution in [0.4, 0.5) is 0 Å². The fraction of sp³-hybridized carbons (Fsp3) is 0.333. The largest absolute Gasteiger partial charge is 0.493 e. The molecule has 1 aromatic carbocycles. The van der Waals surface area contributed by atoms with Crippen LogP contribution in [0.3, 0.4) is 0 Å². The Bertz CT molecular complexity index is 639. The zero-order valence-corrected chi connectivity index (χ0v) is 12.8. The monoisotopic (exact) mass is 307 g/mol. The van der Waals surface area contributed by atoms with Crippen LogP contribution >= 0.6 is 0 Å². The fourth-order valence-electron chi connectivity index (χ4n) is 1.94. The molecular formula is C15H17NO6. The molecule has 0 N–H and O–H groups in total. The van der Waals surface area contributed by atoms with Crippen molar-refractivity contribution in [2.75, 3.05) is 27.9 Å². The number of nitrogens with zero attached hydrogens (tertiary/aromatic N) is 1. The van der Waals surface area contributed by atoms with Crippen LogP contribution in [0.1, 0.15) is 17.5 Å². The van der Waals surface area contributed by atoms with Gasteiger partial charge in [0.05, 0.1) is 27.9 Å². The highest BCUT2D eigenvalue weighted by Crippen LogP contribution is 2.40. The van der Waals surface area contributed by atoms with Crippen LogP contribution < -0.4 is 14.2 Å². The van der Waals surface area contributed by atoms with Crippen LogP contribution in [0, 0.1) is 0 Å². The Morgan fingerprint density at radius 3 is 2.23 bits per heavy atom. The first-order valence-electron chi connectivity index (χ1n) is 6.58. The van der Waals surface area contributed by atoms with Gasteiger partial charge in [-0.3, -0.25) is 0 Å². The van der Waals surface area contributed by atoms with Gasteiger partial charge in [0.25, 0.3) is 0 Å². The number of esters is 1. The van der Waals surface area contributed by atoms with E-state index in [0.717, 1.165) is 0 Å². The molecule has 0 saturated heterocycles. The number of hydrogen-bond acceptors (Lipinski definition) is 7. The molecule has 0 unspecified atom stereocenters. The van der Waals surface area contributed by atoms with Crippen molar-refractivity contribution in [3.05, 3.63) is 24.0 Å². The van der Waals surface area contributed by atoms with Gasteiger partial charge >= 0.3 is 5.97 Å². The summed E-state index contributed by atoms with van der Waals surface area (Å²) in [6, 6.07) is 4.93. The third-order valence-electron chi connectivity index (χ3n) is 2.95. The smallest absolute Gasteiger partial charge is 0.377 e. The standard InChI is InChI=1S/C15H17NO6/c1-5-21-15(17)13-8-10(16-22-13)9-6-11(18-2)14(20-4)12(7-9)19-3/h6-8H,5H2,1-4H3. The van der Waals surface area contributed by atoms with Gasteiger partial charge < -0.3 is 23.5 Å². The van der Waals surface area contributed by atoms with E-state index in [1.807, 2.05) is 0 Å². The van der Waals surface area contributed by atoms with Gasteiger partial charge in [0, 0.05) is 11.6 Å². The van der Waals surface area contributed by atoms with Crippen molar-refractivity contribution >= 4 is 5.97 Å². The summed E-state index contributed by atoms with van der Waals surface area (Å²) >= 11 is 0. The van der Waals surface area contributed by atoms with Crippen molar-refractivity contribution < 1.29 is 28.3 Å². The van der Waals surface area contributed by atoms with Crippen LogP contribution in [0.25, 0.3) is 11.3 Å². The molecule has 0 fully saturated rings. The third-order valence-corrected chi connectivity index (χ3v) is 2.95. The first-order valence-corrected chi connectivity index (χ1v) is 6.58. The van der Waals surface area contributed by atoms with Crippen molar-refractivity contribution in [3.63, 3.8) is 0 Å². The second-order valence-corrected chi connectivity index (χ2v) is 4.21. The number of benzene rings is 1. The highest BCUT2D eigenvalue weighted by atomic mass is 16.6. The van der Waals surface area contributed by atoms with Gasteiger partial charge in [0.15, 0.2) is 11.5 Å². The molecule has 7 heteroatoms. The van der Waals surface area contributed by atoms with Gasteiger partial charge in [-0.05, 0) is 19.1 Å². The van der Waals surface area contributed by atoms with Crippen LogP contribution in [0.5, 0.6) is 17.2 Å². The van der Waals surface area contributed by atoms with Gasteiger partial charge in [0.1, 0.15) is 5.69 Å². The first kappa shape index (κ1) is 15.7. The molecule has 118 valence electrons. The van der Waals surface area contributed by atoms with Gasteiger partial charge in [-0.15, -0.1) is 0 Å². The Balaban J connectivity index is 2.42. The predicted molar refractivity (Wildman–Crippen MR) is 77.6 cm³/mol. The molecule has 1 heterocycles. The average molecular weight is 307 g/mol. The molecule has 0 amide bonds. The van der Waals surface area contributed by atoms with Crippen LogP contribution in [0.15, 0.2) is 22.7 Å². The van der Waals surface area contributed by atoms with E-state index in [1.54, 1.807) is 19.1 Å². The molecule has 0 saturated carbocycles. The van der Waals surface area contributed by atoms with E-state index in [9.17, 15) is 4.79 Å². The van der Waals surface area contributed by atoms with E-state index in [2.05, 4.69) is 5.16 Å². The third kappa shape index (κ3) is 2.98. The molecule has 7 nitrogen and oxygen atoms in total. The minimum absolute atomic E-state index is 0.0330. The van der Waals surface area contributed by atoms with Crippen molar-refractivity contribution in [2.45, 2.75) is 6.92 Å². The lowest BCUT2D eigenvalue weighted by Gasteiger charge is -2.13. The number of aromatic nitrogens is 1. The highest BCUT2D eigenvalue weighted by Gasteiger charge is 2.19. The normalized spacial score (nSPS) is 10.2. The van der Waals surface area contributed by atoms with E-state index >= 15 is 0 Å². The van der Waals surface area contributed by atoms with Gasteiger partial charge in [0.2, 0.25) is 11.5 Å². The number of hydrogen-bond donors (Lipinski definition) is 0. The lowest BCUT2D eigenvalue weighted by Crippen LogP contribution is -2.02. The van der Waals surface area contributed by atoms with Gasteiger partial charge in [-0.25, -0.2) is 4.79 Å². The van der Waals surface area contributed by atoms with Crippen molar-refractivity contribution in [2.24, 2.45) is 0 Å². The quantitative estimate of drug-likeness (QED) is 0.759. The number of carbonyl (C=O) groups is 1. The van der Waals surface area contributed by atoms with E-state index in [1.165, 1.54) is 27.4 Å². The summed E-state index contributed by atoms with van der Waals surface area (Å²) in [4.78, 5) is 11.6. The fourth-order valence-corrected chi connectivity index (χ4v) is 1.94. The van der Waals surface area contributed by atoms with E-state index in [4.69, 9.17) is 23.5 Å². The molecule has 0 atom stereocenters. The van der Waals surface area contributed by atoms with Crippen molar-refractivity contribution in [3.8, 4) is 28.5 Å². The number of ether oxygens (including phenoxy) is 4. The lowest BCUT2D eigenvalue weighted by atomic mass is 10.1. The molecule has 2 aromatic rings. The zero-order chi connectivity index (χ0) is 16.1. The lowest BCUT2D eigenvalue weighted by molar-refractivity contribution is 0.0480. The summed E-state index contributed by atoms with van der Waals surface area (Å²) < 4.78 is 25.7. The molecule has 0 aliphatic carbocycles. The second-order valence-electron chi connectivity index (χ2n) is 4.21. The number of rotatable bonds is 6. The Kier molecular flexibility index (Phi) is 4.88. The second kappa shape index (κ2) is 6.84. The molecule has 0 bridgehead atoms. The molecule has 22 heavy (non-hydrogen) atoms. The minimum atomic E-state index is -0.561. The predicted octanol–water partition coefficient (Wildman–Crippen LogP) is 2.54. The maximum Gasteiger partial charge on any atom is 0.377 e. The summed E-state index contributed by atoms with van der Waals surface area (Å²) in [6.07, 6.45) is 0. The molecule has 0 aliphatic heterocycles. The molecule has 0 aliphatic rings. The molecule has 2 rings (SSSR count). The summed E-state index contributed by atoms with van der Waals surface area (Å²) in [5, 5.41) is 3.87. The Hall–Kier alpha value is -2.70. The van der Waals surface area contributed by atoms with E-state index in [0.29, 0.717) is 28.5 Å². The van der Waals surface area contributed by atoms with Crippen molar-refractivity contribution in [1.29, 1.82) is 0 Å². The maximum absolute atomic E-state index is 11.6. The summed E-state index contributed by atoms with van der Waals surface area (Å²) in [7, 11) is 4.57. The van der Waals surface area contributed by atoms with Crippen LogP contribution in [0.2, 0.25) is 0 Å². The topological polar surface area (TPSA) is 80.0 Å². The van der Waals surface area contributed by atoms with Crippen LogP contribution in [-0.4, -0.2) is 39.1 Å². The van der Waals surface area contributed by atoms with E-state index in [-0.39, 0.29) is 12.4 Å². The summed E-state index contributed by atoms with van der Waals surface area (Å²) in [6.45, 7) is 1.98. The molecule has 0 radical (unpaired) electrons. The molecule has 1 aromatic heterocycles. The SMILES string of the molecule is CCOC(=O)c1cc(-c2cc(OC)c(OC)c(OC)c2)no1. The Morgan fingerprint density at radius 1 is 1.09 bits per heavy atom. The van der Waals surface area contributed by atoms with Gasteiger partial charge in [-0.1, -0.05) is 5.16 Å². The van der Waals surface area contributed by atoms with Crippen molar-refractivity contribution in [1.82, 2.24) is 5.16 Å². The van der Waals surface area contributed by atoms with Gasteiger partial charge in [-0.2, -0.15) is 0 Å². The molecule has 0 spiro atoms.